The van der Waals surface area contributed by atoms with Crippen LogP contribution in [0.2, 0.25) is 0 Å². The molecule has 2 atom stereocenters. The minimum Gasteiger partial charge on any atom is -0.375 e. The Labute approximate surface area is 181 Å². The van der Waals surface area contributed by atoms with Crippen molar-refractivity contribution in [2.24, 2.45) is 0 Å². The quantitative estimate of drug-likeness (QED) is 0.467. The third kappa shape index (κ3) is 3.89. The number of benzene rings is 2. The van der Waals surface area contributed by atoms with Crippen molar-refractivity contribution >= 4 is 27.7 Å². The predicted molar refractivity (Wildman–Crippen MR) is 115 cm³/mol. The molecule has 2 heterocycles. The Morgan fingerprint density at radius 1 is 1.03 bits per heavy atom. The topological polar surface area (TPSA) is 75.1 Å². The number of rotatable bonds is 4. The second-order valence-corrected chi connectivity index (χ2v) is 7.79. The fourth-order valence-electron chi connectivity index (χ4n) is 3.54. The van der Waals surface area contributed by atoms with Gasteiger partial charge in [-0.3, -0.25) is 9.78 Å². The second-order valence-electron chi connectivity index (χ2n) is 7.79. The average molecular weight is 439 g/mol. The molecule has 0 fully saturated rings. The Morgan fingerprint density at radius 3 is 2.53 bits per heavy atom. The molecule has 0 aliphatic heterocycles. The van der Waals surface area contributed by atoms with Gasteiger partial charge in [-0.1, -0.05) is 24.3 Å². The van der Waals surface area contributed by atoms with Crippen molar-refractivity contribution in [2.45, 2.75) is 31.7 Å². The fourth-order valence-corrected chi connectivity index (χ4v) is 3.54. The van der Waals surface area contributed by atoms with Crippen molar-refractivity contribution in [3.05, 3.63) is 83.7 Å². The van der Waals surface area contributed by atoms with Gasteiger partial charge >= 0.3 is 6.18 Å². The summed E-state index contributed by atoms with van der Waals surface area (Å²) in [5.74, 6) is -0.327. The number of aromatic nitrogens is 2. The van der Waals surface area contributed by atoms with Crippen molar-refractivity contribution in [3.63, 3.8) is 0 Å². The number of hydrogen-bond donors (Lipinski definition) is 2. The summed E-state index contributed by atoms with van der Waals surface area (Å²) in [4.78, 5) is 21.1. The lowest BCUT2D eigenvalue weighted by Crippen LogP contribution is -2.39. The second kappa shape index (κ2) is 7.87. The van der Waals surface area contributed by atoms with Gasteiger partial charge in [0.1, 0.15) is 0 Å². The number of nitrogens with zero attached hydrogens (tertiary/aromatic N) is 2. The number of carbonyl (C=O) groups excluding carboxylic acids is 1. The molecule has 2 unspecified atom stereocenters. The van der Waals surface area contributed by atoms with Crippen LogP contribution in [-0.2, 0) is 5.60 Å². The molecule has 0 aliphatic carbocycles. The lowest BCUT2D eigenvalue weighted by molar-refractivity contribution is -0.260. The van der Waals surface area contributed by atoms with E-state index < -0.39 is 17.5 Å². The van der Waals surface area contributed by atoms with E-state index in [2.05, 4.69) is 15.3 Å². The maximum Gasteiger partial charge on any atom is 0.422 e. The molecule has 2 aromatic carbocycles. The van der Waals surface area contributed by atoms with E-state index in [4.69, 9.17) is 0 Å². The summed E-state index contributed by atoms with van der Waals surface area (Å²) in [6.45, 7) is 2.53. The van der Waals surface area contributed by atoms with Crippen molar-refractivity contribution in [2.75, 3.05) is 0 Å². The molecule has 2 aromatic heterocycles. The van der Waals surface area contributed by atoms with Gasteiger partial charge in [0.25, 0.3) is 5.91 Å². The van der Waals surface area contributed by atoms with Crippen LogP contribution in [0.4, 0.5) is 13.2 Å². The molecule has 0 saturated heterocycles. The van der Waals surface area contributed by atoms with Gasteiger partial charge in [0, 0.05) is 22.5 Å². The maximum absolute atomic E-state index is 13.1. The molecule has 4 rings (SSSR count). The zero-order valence-electron chi connectivity index (χ0n) is 17.3. The monoisotopic (exact) mass is 439 g/mol. The maximum atomic E-state index is 13.1. The van der Waals surface area contributed by atoms with Gasteiger partial charge in [0.05, 0.1) is 22.8 Å². The number of pyridine rings is 2. The molecule has 164 valence electrons. The first-order valence-electron chi connectivity index (χ1n) is 9.93. The van der Waals surface area contributed by atoms with E-state index in [-0.39, 0.29) is 17.5 Å². The summed E-state index contributed by atoms with van der Waals surface area (Å²) >= 11 is 0. The Morgan fingerprint density at radius 2 is 1.78 bits per heavy atom. The highest BCUT2D eigenvalue weighted by Gasteiger charge is 2.52. The van der Waals surface area contributed by atoms with Crippen molar-refractivity contribution in [1.82, 2.24) is 15.3 Å². The lowest BCUT2D eigenvalue weighted by Gasteiger charge is -2.25. The SMILES string of the molecule is CC(NC(=O)c1ccc2nc(C(C)(O)C(F)(F)F)ccc2c1)c1ccnc2ccccc12. The summed E-state index contributed by atoms with van der Waals surface area (Å²) in [5.41, 5.74) is -1.23. The van der Waals surface area contributed by atoms with Gasteiger partial charge in [0.15, 0.2) is 5.60 Å². The van der Waals surface area contributed by atoms with Gasteiger partial charge in [-0.2, -0.15) is 13.2 Å². The zero-order chi connectivity index (χ0) is 23.1. The first-order chi connectivity index (χ1) is 15.1. The van der Waals surface area contributed by atoms with Crippen molar-refractivity contribution in [1.29, 1.82) is 0 Å². The van der Waals surface area contributed by atoms with Crippen molar-refractivity contribution < 1.29 is 23.1 Å². The number of nitrogens with one attached hydrogen (secondary N) is 1. The van der Waals surface area contributed by atoms with E-state index in [1.807, 2.05) is 37.3 Å². The number of aliphatic hydroxyl groups is 1. The summed E-state index contributed by atoms with van der Waals surface area (Å²) in [7, 11) is 0. The van der Waals surface area contributed by atoms with Crippen molar-refractivity contribution in [3.8, 4) is 0 Å². The smallest absolute Gasteiger partial charge is 0.375 e. The number of hydrogen-bond acceptors (Lipinski definition) is 4. The number of fused-ring (bicyclic) bond motifs is 2. The summed E-state index contributed by atoms with van der Waals surface area (Å²) in [6, 6.07) is 16.2. The first kappa shape index (κ1) is 21.7. The molecule has 0 radical (unpaired) electrons. The van der Waals surface area contributed by atoms with Gasteiger partial charge in [-0.05, 0) is 55.8 Å². The van der Waals surface area contributed by atoms with Crippen LogP contribution in [0, 0.1) is 0 Å². The molecule has 0 bridgehead atoms. The highest BCUT2D eigenvalue weighted by Crippen LogP contribution is 2.38. The Hall–Kier alpha value is -3.52. The standard InChI is InChI=1S/C24H20F3N3O2/c1-14(17-11-12-28-20-6-4-3-5-18(17)20)29-22(31)16-7-9-19-15(13-16)8-10-21(30-19)23(2,32)24(25,26)27/h3-14,32H,1-2H3,(H,29,31). The van der Waals surface area contributed by atoms with Gasteiger partial charge < -0.3 is 10.4 Å². The summed E-state index contributed by atoms with van der Waals surface area (Å²) in [6.07, 6.45) is -3.17. The predicted octanol–water partition coefficient (Wildman–Crippen LogP) is 5.04. The van der Waals surface area contributed by atoms with Gasteiger partial charge in [-0.25, -0.2) is 4.98 Å². The minimum atomic E-state index is -4.86. The van der Waals surface area contributed by atoms with Crippen LogP contribution in [0.3, 0.4) is 0 Å². The van der Waals surface area contributed by atoms with E-state index >= 15 is 0 Å². The number of carbonyl (C=O) groups is 1. The Balaban J connectivity index is 1.59. The van der Waals surface area contributed by atoms with Crippen LogP contribution in [-0.4, -0.2) is 27.2 Å². The van der Waals surface area contributed by atoms with Crippen LogP contribution in [0.5, 0.6) is 0 Å². The zero-order valence-corrected chi connectivity index (χ0v) is 17.3. The molecule has 0 aliphatic rings. The number of para-hydroxylation sites is 1. The molecular weight excluding hydrogens is 419 g/mol. The fraction of sp³-hybridized carbons (Fsp3) is 0.208. The highest BCUT2D eigenvalue weighted by molar-refractivity contribution is 5.98. The molecular formula is C24H20F3N3O2. The van der Waals surface area contributed by atoms with Crippen LogP contribution in [0.1, 0.15) is 41.5 Å². The number of amides is 1. The molecule has 0 spiro atoms. The molecule has 32 heavy (non-hydrogen) atoms. The van der Waals surface area contributed by atoms with Crippen LogP contribution < -0.4 is 5.32 Å². The Bertz CT molecular complexity index is 1310. The van der Waals surface area contributed by atoms with E-state index in [0.717, 1.165) is 22.5 Å². The van der Waals surface area contributed by atoms with E-state index in [9.17, 15) is 23.1 Å². The summed E-state index contributed by atoms with van der Waals surface area (Å²) < 4.78 is 39.3. The summed E-state index contributed by atoms with van der Waals surface area (Å²) in [5, 5.41) is 14.2. The number of alkyl halides is 3. The third-order valence-electron chi connectivity index (χ3n) is 5.50. The van der Waals surface area contributed by atoms with Crippen LogP contribution in [0.15, 0.2) is 66.9 Å². The van der Waals surface area contributed by atoms with E-state index in [1.165, 1.54) is 18.2 Å². The largest absolute Gasteiger partial charge is 0.422 e. The molecule has 5 nitrogen and oxygen atoms in total. The van der Waals surface area contributed by atoms with E-state index in [0.29, 0.717) is 17.9 Å². The highest BCUT2D eigenvalue weighted by atomic mass is 19.4. The molecule has 1 amide bonds. The normalized spacial score (nSPS) is 14.8. The molecule has 4 aromatic rings. The minimum absolute atomic E-state index is 0.247. The molecule has 2 N–H and O–H groups in total. The van der Waals surface area contributed by atoms with Crippen LogP contribution >= 0.6 is 0 Å². The Kier molecular flexibility index (Phi) is 5.34. The number of halogens is 3. The van der Waals surface area contributed by atoms with E-state index in [1.54, 1.807) is 12.3 Å². The molecule has 8 heteroatoms. The van der Waals surface area contributed by atoms with Gasteiger partial charge in [0.2, 0.25) is 0 Å². The first-order valence-corrected chi connectivity index (χ1v) is 9.93. The van der Waals surface area contributed by atoms with Gasteiger partial charge in [-0.15, -0.1) is 0 Å². The average Bonchev–Trinajstić information content (AvgIpc) is 2.77. The lowest BCUT2D eigenvalue weighted by atomic mass is 9.99. The van der Waals surface area contributed by atoms with Crippen LogP contribution in [0.25, 0.3) is 21.8 Å². The third-order valence-corrected chi connectivity index (χ3v) is 5.50. The molecule has 0 saturated carbocycles.